The van der Waals surface area contributed by atoms with Gasteiger partial charge in [0.25, 0.3) is 0 Å². The van der Waals surface area contributed by atoms with Gasteiger partial charge in [0.2, 0.25) is 0 Å². The number of hydrogen-bond acceptors (Lipinski definition) is 3. The number of hydrogen-bond donors (Lipinski definition) is 3. The minimum atomic E-state index is -1.19. The summed E-state index contributed by atoms with van der Waals surface area (Å²) in [4.78, 5) is 0. The normalized spacial score (nSPS) is 20.4. The van der Waals surface area contributed by atoms with Gasteiger partial charge in [0.15, 0.2) is 0 Å². The van der Waals surface area contributed by atoms with E-state index in [1.165, 1.54) is 6.92 Å². The maximum atomic E-state index is 8.78. The highest BCUT2D eigenvalue weighted by Crippen LogP contribution is 1.98. The topological polar surface area (TPSA) is 60.7 Å². The molecule has 0 aromatic heterocycles. The molecule has 53 valence electrons. The van der Waals surface area contributed by atoms with E-state index in [9.17, 15) is 0 Å². The third-order valence-electron chi connectivity index (χ3n) is 1.04. The lowest BCUT2D eigenvalue weighted by Gasteiger charge is -2.16. The summed E-state index contributed by atoms with van der Waals surface area (Å²) in [6.45, 7) is 6.24. The first-order valence-electron chi connectivity index (χ1n) is 2.69. The van der Waals surface area contributed by atoms with E-state index in [0.29, 0.717) is 0 Å². The molecule has 0 aromatic rings. The van der Waals surface area contributed by atoms with Gasteiger partial charge in [-0.1, -0.05) is 12.7 Å². The summed E-state index contributed by atoms with van der Waals surface area (Å²) < 4.78 is 0. The first-order chi connectivity index (χ1) is 4.09. The Morgan fingerprint density at radius 1 is 1.33 bits per heavy atom. The first kappa shape index (κ1) is 8.62. The summed E-state index contributed by atoms with van der Waals surface area (Å²) >= 11 is 0. The van der Waals surface area contributed by atoms with Crippen molar-refractivity contribution in [3.63, 3.8) is 0 Å². The lowest BCUT2D eigenvalue weighted by atomic mass is 10.1. The zero-order valence-electron chi connectivity index (χ0n) is 5.23. The quantitative estimate of drug-likeness (QED) is 0.464. The number of rotatable bonds is 3. The molecule has 0 aromatic carbocycles. The van der Waals surface area contributed by atoms with Crippen LogP contribution in [-0.4, -0.2) is 33.6 Å². The fraction of sp³-hybridized carbons (Fsp3) is 0.667. The maximum absolute atomic E-state index is 8.78. The number of aliphatic hydroxyl groups excluding tert-OH is 3. The Labute approximate surface area is 54.3 Å². The van der Waals surface area contributed by atoms with Crippen LogP contribution in [0.2, 0.25) is 0 Å². The van der Waals surface area contributed by atoms with Crippen LogP contribution < -0.4 is 0 Å². The van der Waals surface area contributed by atoms with Gasteiger partial charge in [0, 0.05) is 0 Å². The molecular formula is C6H11O3. The second-order valence-corrected chi connectivity index (χ2v) is 1.91. The highest BCUT2D eigenvalue weighted by Gasteiger charge is 2.17. The average Bonchev–Trinajstić information content (AvgIpc) is 1.84. The lowest BCUT2D eigenvalue weighted by molar-refractivity contribution is -0.0327. The van der Waals surface area contributed by atoms with Gasteiger partial charge in [-0.15, -0.1) is 0 Å². The van der Waals surface area contributed by atoms with E-state index in [1.807, 2.05) is 0 Å². The molecule has 0 aliphatic heterocycles. The molecule has 9 heavy (non-hydrogen) atoms. The molecule has 3 nitrogen and oxygen atoms in total. The van der Waals surface area contributed by atoms with E-state index >= 15 is 0 Å². The molecule has 0 aliphatic rings. The third kappa shape index (κ3) is 2.60. The Hall–Kier alpha value is -0.380. The molecule has 0 saturated heterocycles. The molecule has 3 atom stereocenters. The van der Waals surface area contributed by atoms with Crippen LogP contribution in [0, 0.1) is 6.58 Å². The third-order valence-corrected chi connectivity index (χ3v) is 1.04. The van der Waals surface area contributed by atoms with Gasteiger partial charge >= 0.3 is 0 Å². The molecule has 0 amide bonds. The summed E-state index contributed by atoms with van der Waals surface area (Å²) in [6, 6.07) is 0. The Morgan fingerprint density at radius 3 is 1.89 bits per heavy atom. The average molecular weight is 131 g/mol. The zero-order chi connectivity index (χ0) is 7.44. The van der Waals surface area contributed by atoms with E-state index in [2.05, 4.69) is 0 Å². The number of aliphatic hydroxyl groups is 3. The molecule has 3 heteroatoms. The van der Waals surface area contributed by atoms with Crippen LogP contribution in [0.1, 0.15) is 6.92 Å². The highest BCUT2D eigenvalue weighted by molar-refractivity contribution is 4.84. The Morgan fingerprint density at radius 2 is 1.78 bits per heavy atom. The molecule has 0 saturated carbocycles. The van der Waals surface area contributed by atoms with Gasteiger partial charge in [-0.2, -0.15) is 0 Å². The van der Waals surface area contributed by atoms with E-state index in [1.54, 1.807) is 0 Å². The first-order valence-corrected chi connectivity index (χ1v) is 2.69. The summed E-state index contributed by atoms with van der Waals surface area (Å²) in [7, 11) is 0. The molecule has 3 unspecified atom stereocenters. The second-order valence-electron chi connectivity index (χ2n) is 1.91. The van der Waals surface area contributed by atoms with Crippen LogP contribution in [-0.2, 0) is 0 Å². The minimum Gasteiger partial charge on any atom is -0.391 e. The molecule has 1 radical (unpaired) electrons. The molecule has 0 heterocycles. The van der Waals surface area contributed by atoms with Crippen LogP contribution in [0.25, 0.3) is 0 Å². The van der Waals surface area contributed by atoms with Crippen LogP contribution in [0.5, 0.6) is 0 Å². The Kier molecular flexibility index (Phi) is 3.46. The largest absolute Gasteiger partial charge is 0.391 e. The van der Waals surface area contributed by atoms with Gasteiger partial charge in [0.1, 0.15) is 12.2 Å². The van der Waals surface area contributed by atoms with Crippen molar-refractivity contribution in [2.24, 2.45) is 0 Å². The van der Waals surface area contributed by atoms with Crippen LogP contribution in [0.3, 0.4) is 0 Å². The standard InChI is InChI=1S/C6H11O3/c1-3-5(8)6(9)4(2)7/h1,3-9H,2H3. The van der Waals surface area contributed by atoms with Crippen molar-refractivity contribution in [2.75, 3.05) is 0 Å². The van der Waals surface area contributed by atoms with Gasteiger partial charge < -0.3 is 15.3 Å². The lowest BCUT2D eigenvalue weighted by Crippen LogP contribution is -2.33. The van der Waals surface area contributed by atoms with Gasteiger partial charge in [0.05, 0.1) is 6.10 Å². The van der Waals surface area contributed by atoms with Crippen LogP contribution in [0.4, 0.5) is 0 Å². The van der Waals surface area contributed by atoms with Crippen molar-refractivity contribution in [1.29, 1.82) is 0 Å². The summed E-state index contributed by atoms with van der Waals surface area (Å²) in [5.74, 6) is 0. The molecule has 3 N–H and O–H groups in total. The molecule has 0 spiro atoms. The second kappa shape index (κ2) is 3.61. The fourth-order valence-corrected chi connectivity index (χ4v) is 0.399. The van der Waals surface area contributed by atoms with Crippen LogP contribution >= 0.6 is 0 Å². The monoisotopic (exact) mass is 131 g/mol. The van der Waals surface area contributed by atoms with Gasteiger partial charge in [-0.3, -0.25) is 0 Å². The molecule has 0 aliphatic carbocycles. The molecule has 0 bridgehead atoms. The van der Waals surface area contributed by atoms with Crippen LogP contribution in [0.15, 0.2) is 6.08 Å². The van der Waals surface area contributed by atoms with Gasteiger partial charge in [-0.05, 0) is 6.92 Å². The minimum absolute atomic E-state index is 0.928. The molecular weight excluding hydrogens is 120 g/mol. The summed E-state index contributed by atoms with van der Waals surface area (Å²) in [5.41, 5.74) is 0. The molecule has 0 rings (SSSR count). The molecule has 0 fully saturated rings. The van der Waals surface area contributed by atoms with E-state index in [4.69, 9.17) is 21.9 Å². The Balaban J connectivity index is 3.71. The predicted octanol–water partition coefficient (Wildman–Crippen LogP) is -0.922. The predicted molar refractivity (Wildman–Crippen MR) is 32.6 cm³/mol. The van der Waals surface area contributed by atoms with Crippen molar-refractivity contribution in [3.8, 4) is 0 Å². The SMILES string of the molecule is [CH]=CC(O)C(O)C(C)O. The summed E-state index contributed by atoms with van der Waals surface area (Å²) in [5, 5.41) is 26.1. The smallest absolute Gasteiger partial charge is 0.109 e. The maximum Gasteiger partial charge on any atom is 0.109 e. The van der Waals surface area contributed by atoms with Crippen molar-refractivity contribution < 1.29 is 15.3 Å². The highest BCUT2D eigenvalue weighted by atomic mass is 16.4. The van der Waals surface area contributed by atoms with E-state index in [0.717, 1.165) is 6.08 Å². The Bertz CT molecular complexity index is 90.3. The van der Waals surface area contributed by atoms with Gasteiger partial charge in [-0.25, -0.2) is 0 Å². The van der Waals surface area contributed by atoms with Crippen molar-refractivity contribution in [2.45, 2.75) is 25.2 Å². The van der Waals surface area contributed by atoms with Crippen molar-refractivity contribution >= 4 is 0 Å². The zero-order valence-corrected chi connectivity index (χ0v) is 5.23. The van der Waals surface area contributed by atoms with Crippen molar-refractivity contribution in [3.05, 3.63) is 12.7 Å². The van der Waals surface area contributed by atoms with E-state index in [-0.39, 0.29) is 0 Å². The van der Waals surface area contributed by atoms with Crippen molar-refractivity contribution in [1.82, 2.24) is 0 Å². The summed E-state index contributed by atoms with van der Waals surface area (Å²) in [6.07, 6.45) is -2.36. The fourth-order valence-electron chi connectivity index (χ4n) is 0.399. The van der Waals surface area contributed by atoms with E-state index < -0.39 is 18.3 Å².